The Morgan fingerprint density at radius 1 is 0.929 bits per heavy atom. The van der Waals surface area contributed by atoms with Gasteiger partial charge in [-0.3, -0.25) is 10.1 Å². The topological polar surface area (TPSA) is 43.1 Å². The predicted molar refractivity (Wildman–Crippen MR) is 56.2 cm³/mol. The van der Waals surface area contributed by atoms with E-state index in [2.05, 4.69) is 0 Å². The van der Waals surface area contributed by atoms with Crippen LogP contribution in [-0.4, -0.2) is 4.92 Å². The molecule has 0 aromatic heterocycles. The Labute approximate surface area is 83.9 Å². The molecule has 1 aromatic rings. The third kappa shape index (κ3) is 4.03. The number of non-ortho nitro benzene ring substituents is 1. The zero-order valence-electron chi connectivity index (χ0n) is 8.19. The van der Waals surface area contributed by atoms with E-state index < -0.39 is 4.92 Å². The second-order valence-electron chi connectivity index (χ2n) is 3.36. The molecule has 0 bridgehead atoms. The van der Waals surface area contributed by atoms with E-state index in [1.54, 1.807) is 18.2 Å². The van der Waals surface area contributed by atoms with Crippen LogP contribution < -0.4 is 0 Å². The molecule has 3 heteroatoms. The van der Waals surface area contributed by atoms with Crippen LogP contribution >= 0.6 is 0 Å². The van der Waals surface area contributed by atoms with Crippen molar-refractivity contribution in [2.45, 2.75) is 32.1 Å². The maximum Gasteiger partial charge on any atom is 0.269 e. The summed E-state index contributed by atoms with van der Waals surface area (Å²) in [6.07, 6.45) is 7.50. The molecular weight excluding hydrogens is 178 g/mol. The molecule has 0 N–H and O–H groups in total. The number of benzene rings is 1. The number of hydrogen-bond acceptors (Lipinski definition) is 2. The van der Waals surface area contributed by atoms with E-state index in [1.807, 2.05) is 0 Å². The molecule has 0 heterocycles. The quantitative estimate of drug-likeness (QED) is 0.505. The normalized spacial score (nSPS) is 14.3. The molecule has 0 spiro atoms. The highest BCUT2D eigenvalue weighted by molar-refractivity contribution is 5.27. The van der Waals surface area contributed by atoms with Crippen LogP contribution in [0.1, 0.15) is 32.1 Å². The van der Waals surface area contributed by atoms with Crippen molar-refractivity contribution in [3.63, 3.8) is 0 Å². The lowest BCUT2D eigenvalue weighted by molar-refractivity contribution is -0.384. The SMILES string of the molecule is C1CCCC1.O=[N+]([O-])c1ccccc1. The molecule has 0 atom stereocenters. The molecule has 1 aliphatic rings. The summed E-state index contributed by atoms with van der Waals surface area (Å²) in [6.45, 7) is 0. The van der Waals surface area contributed by atoms with Crippen molar-refractivity contribution in [3.05, 3.63) is 40.4 Å². The molecule has 0 aliphatic heterocycles. The van der Waals surface area contributed by atoms with E-state index in [1.165, 1.54) is 44.2 Å². The second-order valence-corrected chi connectivity index (χ2v) is 3.36. The molecule has 1 saturated carbocycles. The molecule has 3 nitrogen and oxygen atoms in total. The van der Waals surface area contributed by atoms with Gasteiger partial charge in [0.2, 0.25) is 0 Å². The Bertz CT molecular complexity index is 260. The maximum absolute atomic E-state index is 10.0. The number of nitrogens with zero attached hydrogens (tertiary/aromatic N) is 1. The largest absolute Gasteiger partial charge is 0.269 e. The summed E-state index contributed by atoms with van der Waals surface area (Å²) in [5, 5.41) is 10.0. The summed E-state index contributed by atoms with van der Waals surface area (Å²) >= 11 is 0. The first-order valence-corrected chi connectivity index (χ1v) is 5.00. The lowest BCUT2D eigenvalue weighted by Crippen LogP contribution is -1.84. The molecule has 1 aromatic carbocycles. The Balaban J connectivity index is 0.000000165. The summed E-state index contributed by atoms with van der Waals surface area (Å²) in [5.41, 5.74) is 0.137. The number of hydrogen-bond donors (Lipinski definition) is 0. The smallest absolute Gasteiger partial charge is 0.258 e. The van der Waals surface area contributed by atoms with Crippen LogP contribution in [0.25, 0.3) is 0 Å². The summed E-state index contributed by atoms with van der Waals surface area (Å²) < 4.78 is 0. The lowest BCUT2D eigenvalue weighted by atomic mass is 10.3. The van der Waals surface area contributed by atoms with Gasteiger partial charge in [-0.25, -0.2) is 0 Å². The second kappa shape index (κ2) is 6.13. The summed E-state index contributed by atoms with van der Waals surface area (Å²) in [4.78, 5) is 9.59. The fourth-order valence-corrected chi connectivity index (χ4v) is 1.43. The van der Waals surface area contributed by atoms with E-state index in [0.29, 0.717) is 0 Å². The van der Waals surface area contributed by atoms with E-state index in [9.17, 15) is 10.1 Å². The summed E-state index contributed by atoms with van der Waals surface area (Å²) in [6, 6.07) is 7.93. The van der Waals surface area contributed by atoms with E-state index in [4.69, 9.17) is 0 Å². The molecule has 2 rings (SSSR count). The zero-order valence-corrected chi connectivity index (χ0v) is 8.19. The Morgan fingerprint density at radius 3 is 1.64 bits per heavy atom. The molecule has 0 unspecified atom stereocenters. The van der Waals surface area contributed by atoms with Crippen LogP contribution in [0, 0.1) is 10.1 Å². The molecule has 0 radical (unpaired) electrons. The van der Waals surface area contributed by atoms with Gasteiger partial charge in [-0.1, -0.05) is 50.3 Å². The van der Waals surface area contributed by atoms with Crippen molar-refractivity contribution in [2.24, 2.45) is 0 Å². The molecular formula is C11H15NO2. The molecule has 0 amide bonds. The standard InChI is InChI=1S/C6H5NO2.C5H10/c8-7(9)6-4-2-1-3-5-6;1-2-4-5-3-1/h1-5H;1-5H2. The lowest BCUT2D eigenvalue weighted by Gasteiger charge is -1.85. The van der Waals surface area contributed by atoms with Gasteiger partial charge in [0, 0.05) is 12.1 Å². The van der Waals surface area contributed by atoms with E-state index >= 15 is 0 Å². The van der Waals surface area contributed by atoms with Crippen molar-refractivity contribution in [1.82, 2.24) is 0 Å². The van der Waals surface area contributed by atoms with Gasteiger partial charge in [0.25, 0.3) is 5.69 Å². The monoisotopic (exact) mass is 193 g/mol. The van der Waals surface area contributed by atoms with Crippen LogP contribution in [0.2, 0.25) is 0 Å². The fourth-order valence-electron chi connectivity index (χ4n) is 1.43. The van der Waals surface area contributed by atoms with Crippen molar-refractivity contribution >= 4 is 5.69 Å². The average Bonchev–Trinajstić information content (AvgIpc) is 2.77. The van der Waals surface area contributed by atoms with Crippen LogP contribution in [0.4, 0.5) is 5.69 Å². The van der Waals surface area contributed by atoms with E-state index in [-0.39, 0.29) is 5.69 Å². The first kappa shape index (κ1) is 10.7. The first-order chi connectivity index (χ1) is 6.80. The van der Waals surface area contributed by atoms with Gasteiger partial charge in [0.15, 0.2) is 0 Å². The fraction of sp³-hybridized carbons (Fsp3) is 0.455. The van der Waals surface area contributed by atoms with Gasteiger partial charge in [-0.15, -0.1) is 0 Å². The number of rotatable bonds is 1. The maximum atomic E-state index is 10.0. The van der Waals surface area contributed by atoms with Crippen LogP contribution in [-0.2, 0) is 0 Å². The highest BCUT2D eigenvalue weighted by Crippen LogP contribution is 2.15. The van der Waals surface area contributed by atoms with Crippen LogP contribution in [0.3, 0.4) is 0 Å². The molecule has 0 saturated heterocycles. The van der Waals surface area contributed by atoms with Crippen molar-refractivity contribution in [2.75, 3.05) is 0 Å². The van der Waals surface area contributed by atoms with Gasteiger partial charge in [-0.2, -0.15) is 0 Å². The minimum Gasteiger partial charge on any atom is -0.258 e. The number of nitro benzene ring substituents is 1. The third-order valence-electron chi connectivity index (χ3n) is 2.22. The van der Waals surface area contributed by atoms with Crippen LogP contribution in [0.5, 0.6) is 0 Å². The van der Waals surface area contributed by atoms with E-state index in [0.717, 1.165) is 0 Å². The average molecular weight is 193 g/mol. The summed E-state index contributed by atoms with van der Waals surface area (Å²) in [5.74, 6) is 0. The molecule has 14 heavy (non-hydrogen) atoms. The Kier molecular flexibility index (Phi) is 4.69. The third-order valence-corrected chi connectivity index (χ3v) is 2.22. The van der Waals surface area contributed by atoms with Crippen molar-refractivity contribution in [3.8, 4) is 0 Å². The Morgan fingerprint density at radius 2 is 1.36 bits per heavy atom. The van der Waals surface area contributed by atoms with Gasteiger partial charge >= 0.3 is 0 Å². The highest BCUT2D eigenvalue weighted by atomic mass is 16.6. The molecule has 1 fully saturated rings. The van der Waals surface area contributed by atoms with Crippen molar-refractivity contribution in [1.29, 1.82) is 0 Å². The van der Waals surface area contributed by atoms with Gasteiger partial charge in [0.1, 0.15) is 0 Å². The predicted octanol–water partition coefficient (Wildman–Crippen LogP) is 3.55. The van der Waals surface area contributed by atoms with Gasteiger partial charge < -0.3 is 0 Å². The van der Waals surface area contributed by atoms with Gasteiger partial charge in [0.05, 0.1) is 4.92 Å². The Hall–Kier alpha value is -1.38. The molecule has 1 aliphatic carbocycles. The van der Waals surface area contributed by atoms with Crippen LogP contribution in [0.15, 0.2) is 30.3 Å². The first-order valence-electron chi connectivity index (χ1n) is 5.00. The minimum atomic E-state index is -0.417. The van der Waals surface area contributed by atoms with Gasteiger partial charge in [-0.05, 0) is 0 Å². The van der Waals surface area contributed by atoms with Crippen molar-refractivity contribution < 1.29 is 4.92 Å². The molecule has 76 valence electrons. The summed E-state index contributed by atoms with van der Waals surface area (Å²) in [7, 11) is 0. The zero-order chi connectivity index (χ0) is 10.2. The highest BCUT2D eigenvalue weighted by Gasteiger charge is 1.98. The minimum absolute atomic E-state index is 0.137. The number of nitro groups is 1. The number of para-hydroxylation sites is 1.